The van der Waals surface area contributed by atoms with Gasteiger partial charge in [-0.25, -0.2) is 4.79 Å². The molecule has 0 aliphatic heterocycles. The first-order valence-electron chi connectivity index (χ1n) is 9.73. The minimum Gasteiger partial charge on any atom is -0.490 e. The molecule has 152 valence electrons. The molecule has 0 saturated carbocycles. The van der Waals surface area contributed by atoms with Crippen molar-refractivity contribution in [3.63, 3.8) is 0 Å². The van der Waals surface area contributed by atoms with Crippen molar-refractivity contribution in [2.75, 3.05) is 13.2 Å². The van der Waals surface area contributed by atoms with Crippen molar-refractivity contribution in [1.82, 2.24) is 4.98 Å². The summed E-state index contributed by atoms with van der Waals surface area (Å²) in [6.07, 6.45) is 1.68. The van der Waals surface area contributed by atoms with Crippen molar-refractivity contribution in [1.29, 1.82) is 0 Å². The molecule has 0 amide bonds. The van der Waals surface area contributed by atoms with Crippen LogP contribution in [0.15, 0.2) is 60.8 Å². The van der Waals surface area contributed by atoms with Crippen LogP contribution >= 0.6 is 0 Å². The second-order valence-electron chi connectivity index (χ2n) is 6.59. The Balaban J connectivity index is 1.76. The van der Waals surface area contributed by atoms with Crippen LogP contribution in [0.3, 0.4) is 0 Å². The highest BCUT2D eigenvalue weighted by atomic mass is 16.5. The monoisotopic (exact) mass is 403 g/mol. The Morgan fingerprint density at radius 2 is 1.67 bits per heavy atom. The topological polar surface area (TPSA) is 77.9 Å². The molecule has 0 aliphatic carbocycles. The summed E-state index contributed by atoms with van der Waals surface area (Å²) in [5.41, 5.74) is 0.992. The maximum Gasteiger partial charge on any atom is 0.336 e. The first-order valence-corrected chi connectivity index (χ1v) is 9.73. The second-order valence-corrected chi connectivity index (χ2v) is 6.59. The van der Waals surface area contributed by atoms with Crippen LogP contribution in [0.25, 0.3) is 21.7 Å². The molecule has 1 N–H and O–H groups in total. The van der Waals surface area contributed by atoms with E-state index >= 15 is 0 Å². The largest absolute Gasteiger partial charge is 0.490 e. The molecule has 30 heavy (non-hydrogen) atoms. The summed E-state index contributed by atoms with van der Waals surface area (Å²) in [7, 11) is 0. The van der Waals surface area contributed by atoms with Gasteiger partial charge in [0, 0.05) is 17.6 Å². The summed E-state index contributed by atoms with van der Waals surface area (Å²) in [6.45, 7) is 4.87. The number of pyridine rings is 1. The Kier molecular flexibility index (Phi) is 5.39. The number of rotatable bonds is 7. The number of aromatic nitrogens is 1. The lowest BCUT2D eigenvalue weighted by molar-refractivity contribution is 0.0699. The smallest absolute Gasteiger partial charge is 0.336 e. The van der Waals surface area contributed by atoms with Crippen LogP contribution in [0.4, 0.5) is 0 Å². The zero-order valence-electron chi connectivity index (χ0n) is 16.7. The molecule has 0 unspecified atom stereocenters. The minimum absolute atomic E-state index is 0.262. The van der Waals surface area contributed by atoms with Gasteiger partial charge >= 0.3 is 5.97 Å². The SMILES string of the molecule is CCOc1cc2nccc(Oc3ccc4c(C(=O)O)cccc4c3)c2cc1OCC. The highest BCUT2D eigenvalue weighted by Crippen LogP contribution is 2.37. The predicted molar refractivity (Wildman–Crippen MR) is 115 cm³/mol. The van der Waals surface area contributed by atoms with Crippen molar-refractivity contribution in [3.8, 4) is 23.0 Å². The average Bonchev–Trinajstić information content (AvgIpc) is 2.74. The Morgan fingerprint density at radius 1 is 0.900 bits per heavy atom. The Labute approximate surface area is 173 Å². The van der Waals surface area contributed by atoms with Crippen LogP contribution in [-0.4, -0.2) is 29.3 Å². The van der Waals surface area contributed by atoms with E-state index in [4.69, 9.17) is 14.2 Å². The zero-order valence-corrected chi connectivity index (χ0v) is 16.7. The number of carboxylic acids is 1. The Morgan fingerprint density at radius 3 is 2.40 bits per heavy atom. The van der Waals surface area contributed by atoms with Gasteiger partial charge in [0.25, 0.3) is 0 Å². The van der Waals surface area contributed by atoms with Crippen LogP contribution in [0.2, 0.25) is 0 Å². The van der Waals surface area contributed by atoms with Gasteiger partial charge < -0.3 is 19.3 Å². The van der Waals surface area contributed by atoms with E-state index in [2.05, 4.69) is 4.98 Å². The summed E-state index contributed by atoms with van der Waals surface area (Å²) >= 11 is 0. The van der Waals surface area contributed by atoms with E-state index in [-0.39, 0.29) is 5.56 Å². The minimum atomic E-state index is -0.956. The summed E-state index contributed by atoms with van der Waals surface area (Å²) in [5, 5.41) is 11.6. The predicted octanol–water partition coefficient (Wildman–Crippen LogP) is 5.68. The molecule has 4 aromatic rings. The first kappa shape index (κ1) is 19.5. The summed E-state index contributed by atoms with van der Waals surface area (Å²) in [5.74, 6) is 1.54. The molecule has 3 aromatic carbocycles. The molecular weight excluding hydrogens is 382 g/mol. The number of nitrogens with zero attached hydrogens (tertiary/aromatic N) is 1. The van der Waals surface area contributed by atoms with Gasteiger partial charge in [0.1, 0.15) is 11.5 Å². The molecule has 4 rings (SSSR count). The fourth-order valence-electron chi connectivity index (χ4n) is 3.39. The maximum atomic E-state index is 11.4. The van der Waals surface area contributed by atoms with Crippen molar-refractivity contribution >= 4 is 27.6 Å². The lowest BCUT2D eigenvalue weighted by atomic mass is 10.0. The molecule has 0 radical (unpaired) electrons. The molecule has 0 spiro atoms. The van der Waals surface area contributed by atoms with Crippen LogP contribution in [0.5, 0.6) is 23.0 Å². The number of benzene rings is 3. The highest BCUT2D eigenvalue weighted by molar-refractivity contribution is 6.04. The van der Waals surface area contributed by atoms with E-state index in [1.807, 2.05) is 38.1 Å². The fraction of sp³-hybridized carbons (Fsp3) is 0.167. The number of aromatic carboxylic acids is 1. The fourth-order valence-corrected chi connectivity index (χ4v) is 3.39. The molecule has 0 atom stereocenters. The van der Waals surface area contributed by atoms with Gasteiger partial charge in [-0.3, -0.25) is 4.98 Å². The maximum absolute atomic E-state index is 11.4. The third-order valence-corrected chi connectivity index (χ3v) is 4.68. The normalized spacial score (nSPS) is 10.9. The second kappa shape index (κ2) is 8.29. The third-order valence-electron chi connectivity index (χ3n) is 4.68. The van der Waals surface area contributed by atoms with Gasteiger partial charge in [-0.05, 0) is 61.0 Å². The number of carboxylic acid groups (broad SMARTS) is 1. The number of fused-ring (bicyclic) bond motifs is 2. The number of carbonyl (C=O) groups is 1. The molecule has 1 aromatic heterocycles. The molecular formula is C24H21NO5. The van der Waals surface area contributed by atoms with Crippen LogP contribution in [-0.2, 0) is 0 Å². The molecule has 6 nitrogen and oxygen atoms in total. The summed E-state index contributed by atoms with van der Waals surface area (Å²) < 4.78 is 17.6. The lowest BCUT2D eigenvalue weighted by Gasteiger charge is -2.14. The van der Waals surface area contributed by atoms with E-state index in [1.54, 1.807) is 36.5 Å². The Hall–Kier alpha value is -3.80. The van der Waals surface area contributed by atoms with Crippen molar-refractivity contribution < 1.29 is 24.1 Å². The van der Waals surface area contributed by atoms with Crippen LogP contribution in [0.1, 0.15) is 24.2 Å². The standard InChI is InChI=1S/C24H21NO5/c1-3-28-22-13-19-20(14-23(22)29-4-2)25-11-10-21(19)30-16-8-9-17-15(12-16)6-5-7-18(17)24(26)27/h5-14H,3-4H2,1-2H3,(H,26,27). The molecule has 6 heteroatoms. The van der Waals surface area contributed by atoms with E-state index < -0.39 is 5.97 Å². The molecule has 0 saturated heterocycles. The molecule has 0 bridgehead atoms. The number of hydrogen-bond donors (Lipinski definition) is 1. The van der Waals surface area contributed by atoms with Crippen molar-refractivity contribution in [3.05, 3.63) is 66.4 Å². The molecule has 1 heterocycles. The van der Waals surface area contributed by atoms with E-state index in [0.717, 1.165) is 16.3 Å². The summed E-state index contributed by atoms with van der Waals surface area (Å²) in [6, 6.07) is 16.0. The van der Waals surface area contributed by atoms with Gasteiger partial charge in [0.15, 0.2) is 11.5 Å². The van der Waals surface area contributed by atoms with Gasteiger partial charge in [0.05, 0.1) is 24.3 Å². The van der Waals surface area contributed by atoms with Crippen molar-refractivity contribution in [2.45, 2.75) is 13.8 Å². The first-order chi connectivity index (χ1) is 14.6. The van der Waals surface area contributed by atoms with E-state index in [9.17, 15) is 9.90 Å². The lowest BCUT2D eigenvalue weighted by Crippen LogP contribution is -1.99. The van der Waals surface area contributed by atoms with Crippen molar-refractivity contribution in [2.24, 2.45) is 0 Å². The van der Waals surface area contributed by atoms with Crippen LogP contribution < -0.4 is 14.2 Å². The Bertz CT molecular complexity index is 1240. The van der Waals surface area contributed by atoms with E-state index in [1.165, 1.54) is 0 Å². The van der Waals surface area contributed by atoms with E-state index in [0.29, 0.717) is 41.6 Å². The highest BCUT2D eigenvalue weighted by Gasteiger charge is 2.13. The van der Waals surface area contributed by atoms with Gasteiger partial charge in [-0.1, -0.05) is 12.1 Å². The average molecular weight is 403 g/mol. The molecule has 0 aliphatic rings. The van der Waals surface area contributed by atoms with Gasteiger partial charge in [0.2, 0.25) is 0 Å². The van der Waals surface area contributed by atoms with Crippen LogP contribution in [0, 0.1) is 0 Å². The molecule has 0 fully saturated rings. The quantitative estimate of drug-likeness (QED) is 0.428. The van der Waals surface area contributed by atoms with Gasteiger partial charge in [-0.2, -0.15) is 0 Å². The zero-order chi connectivity index (χ0) is 21.1. The number of ether oxygens (including phenoxy) is 3. The third kappa shape index (κ3) is 3.72. The number of hydrogen-bond acceptors (Lipinski definition) is 5. The van der Waals surface area contributed by atoms with Gasteiger partial charge in [-0.15, -0.1) is 0 Å². The summed E-state index contributed by atoms with van der Waals surface area (Å²) in [4.78, 5) is 15.9.